The number of nitrogens with one attached hydrogen (secondary N) is 1. The van der Waals surface area contributed by atoms with Crippen LogP contribution in [0.5, 0.6) is 0 Å². The van der Waals surface area contributed by atoms with E-state index in [1.54, 1.807) is 24.4 Å². The first-order chi connectivity index (χ1) is 9.99. The molecule has 21 heavy (non-hydrogen) atoms. The number of carbonyl (C=O) groups is 1. The summed E-state index contributed by atoms with van der Waals surface area (Å²) < 4.78 is 0. The molecule has 2 rings (SSSR count). The van der Waals surface area contributed by atoms with Gasteiger partial charge in [-0.05, 0) is 12.1 Å². The summed E-state index contributed by atoms with van der Waals surface area (Å²) in [5.41, 5.74) is 0.303. The summed E-state index contributed by atoms with van der Waals surface area (Å²) in [5, 5.41) is 13.3. The van der Waals surface area contributed by atoms with Crippen molar-refractivity contribution in [2.45, 2.75) is 6.54 Å². The number of hydrogen-bond acceptors (Lipinski definition) is 4. The van der Waals surface area contributed by atoms with Crippen LogP contribution in [0.15, 0.2) is 36.5 Å². The molecule has 1 amide bonds. The molecule has 1 aromatic carbocycles. The van der Waals surface area contributed by atoms with Crippen LogP contribution in [0, 0.1) is 10.1 Å². The summed E-state index contributed by atoms with van der Waals surface area (Å²) in [5.74, 6) is -0.559. The Labute approximate surface area is 129 Å². The first-order valence-corrected chi connectivity index (χ1v) is 6.56. The zero-order valence-corrected chi connectivity index (χ0v) is 12.1. The number of nitro groups is 1. The number of pyridine rings is 1. The molecule has 0 saturated carbocycles. The lowest BCUT2D eigenvalue weighted by atomic mass is 10.2. The van der Waals surface area contributed by atoms with E-state index in [-0.39, 0.29) is 27.8 Å². The van der Waals surface area contributed by atoms with E-state index in [2.05, 4.69) is 10.3 Å². The summed E-state index contributed by atoms with van der Waals surface area (Å²) in [6, 6.07) is 7.46. The third kappa shape index (κ3) is 3.68. The van der Waals surface area contributed by atoms with Crippen LogP contribution in [-0.2, 0) is 6.54 Å². The zero-order chi connectivity index (χ0) is 15.4. The topological polar surface area (TPSA) is 85.1 Å². The van der Waals surface area contributed by atoms with E-state index in [1.165, 1.54) is 0 Å². The minimum atomic E-state index is -0.641. The van der Waals surface area contributed by atoms with Crippen molar-refractivity contribution in [3.05, 3.63) is 67.9 Å². The van der Waals surface area contributed by atoms with Gasteiger partial charge < -0.3 is 5.32 Å². The van der Waals surface area contributed by atoms with Crippen molar-refractivity contribution in [1.29, 1.82) is 0 Å². The van der Waals surface area contributed by atoms with Crippen molar-refractivity contribution in [3.63, 3.8) is 0 Å². The third-order valence-electron chi connectivity index (χ3n) is 2.62. The molecule has 6 nitrogen and oxygen atoms in total. The van der Waals surface area contributed by atoms with Gasteiger partial charge in [-0.3, -0.25) is 19.9 Å². The number of rotatable bonds is 4. The molecule has 0 aliphatic carbocycles. The number of non-ortho nitro benzene ring substituents is 1. The summed E-state index contributed by atoms with van der Waals surface area (Å²) in [6.07, 6.45) is 1.60. The fraction of sp³-hybridized carbons (Fsp3) is 0.0769. The molecule has 0 atom stereocenters. The quantitative estimate of drug-likeness (QED) is 0.690. The Hall–Kier alpha value is -2.18. The zero-order valence-electron chi connectivity index (χ0n) is 10.5. The fourth-order valence-corrected chi connectivity index (χ4v) is 2.02. The van der Waals surface area contributed by atoms with Crippen molar-refractivity contribution in [3.8, 4) is 0 Å². The number of halogens is 2. The van der Waals surface area contributed by atoms with Crippen LogP contribution in [0.25, 0.3) is 0 Å². The Morgan fingerprint density at radius 2 is 2.10 bits per heavy atom. The monoisotopic (exact) mass is 325 g/mol. The maximum absolute atomic E-state index is 12.1. The van der Waals surface area contributed by atoms with Gasteiger partial charge in [-0.2, -0.15) is 0 Å². The van der Waals surface area contributed by atoms with E-state index in [4.69, 9.17) is 23.2 Å². The van der Waals surface area contributed by atoms with Gasteiger partial charge in [0.1, 0.15) is 0 Å². The smallest absolute Gasteiger partial charge is 0.271 e. The normalized spacial score (nSPS) is 10.2. The van der Waals surface area contributed by atoms with Crippen LogP contribution in [0.2, 0.25) is 10.0 Å². The predicted octanol–water partition coefficient (Wildman–Crippen LogP) is 3.23. The maximum Gasteiger partial charge on any atom is 0.271 e. The number of hydrogen-bond donors (Lipinski definition) is 1. The SMILES string of the molecule is O=C(NCc1ccccn1)c1cc([N+](=O)[O-])cc(Cl)c1Cl. The van der Waals surface area contributed by atoms with Gasteiger partial charge in [0.05, 0.1) is 32.8 Å². The van der Waals surface area contributed by atoms with Gasteiger partial charge in [0.25, 0.3) is 11.6 Å². The molecule has 2 aromatic rings. The standard InChI is InChI=1S/C13H9Cl2N3O3/c14-11-6-9(18(20)21)5-10(12(11)15)13(19)17-7-8-3-1-2-4-16-8/h1-6H,7H2,(H,17,19). The molecule has 1 N–H and O–H groups in total. The minimum Gasteiger partial charge on any atom is -0.346 e. The minimum absolute atomic E-state index is 0.0270. The largest absolute Gasteiger partial charge is 0.346 e. The molecule has 8 heteroatoms. The number of benzene rings is 1. The third-order valence-corrected chi connectivity index (χ3v) is 3.43. The van der Waals surface area contributed by atoms with Gasteiger partial charge in [0.15, 0.2) is 0 Å². The Bertz CT molecular complexity index is 693. The van der Waals surface area contributed by atoms with Gasteiger partial charge in [-0.1, -0.05) is 29.3 Å². The van der Waals surface area contributed by atoms with Gasteiger partial charge in [0, 0.05) is 18.3 Å². The van der Waals surface area contributed by atoms with Crippen molar-refractivity contribution in [1.82, 2.24) is 10.3 Å². The van der Waals surface area contributed by atoms with E-state index in [0.717, 1.165) is 12.1 Å². The fourth-order valence-electron chi connectivity index (χ4n) is 1.61. The van der Waals surface area contributed by atoms with E-state index in [0.29, 0.717) is 5.69 Å². The molecule has 0 saturated heterocycles. The van der Waals surface area contributed by atoms with Gasteiger partial charge in [0.2, 0.25) is 0 Å². The van der Waals surface area contributed by atoms with Gasteiger partial charge >= 0.3 is 0 Å². The van der Waals surface area contributed by atoms with Crippen LogP contribution in [0.4, 0.5) is 5.69 Å². The summed E-state index contributed by atoms with van der Waals surface area (Å²) in [4.78, 5) is 26.2. The number of nitro benzene ring substituents is 1. The average molecular weight is 326 g/mol. The summed E-state index contributed by atoms with van der Waals surface area (Å²) >= 11 is 11.7. The molecule has 0 radical (unpaired) electrons. The highest BCUT2D eigenvalue weighted by molar-refractivity contribution is 6.44. The molecule has 0 fully saturated rings. The van der Waals surface area contributed by atoms with Crippen LogP contribution < -0.4 is 5.32 Å². The molecule has 108 valence electrons. The van der Waals surface area contributed by atoms with Crippen LogP contribution in [-0.4, -0.2) is 15.8 Å². The van der Waals surface area contributed by atoms with Crippen LogP contribution in [0.1, 0.15) is 16.1 Å². The van der Waals surface area contributed by atoms with E-state index in [9.17, 15) is 14.9 Å². The Balaban J connectivity index is 2.21. The number of amides is 1. The maximum atomic E-state index is 12.1. The molecule has 1 heterocycles. The molecular weight excluding hydrogens is 317 g/mol. The first-order valence-electron chi connectivity index (χ1n) is 5.80. The van der Waals surface area contributed by atoms with Gasteiger partial charge in [-0.15, -0.1) is 0 Å². The van der Waals surface area contributed by atoms with E-state index >= 15 is 0 Å². The average Bonchev–Trinajstić information content (AvgIpc) is 2.48. The highest BCUT2D eigenvalue weighted by Gasteiger charge is 2.19. The molecule has 0 spiro atoms. The van der Waals surface area contributed by atoms with Crippen molar-refractivity contribution in [2.24, 2.45) is 0 Å². The first kappa shape index (κ1) is 15.2. The van der Waals surface area contributed by atoms with Gasteiger partial charge in [-0.25, -0.2) is 0 Å². The van der Waals surface area contributed by atoms with Crippen molar-refractivity contribution >= 4 is 34.8 Å². The second-order valence-corrected chi connectivity index (χ2v) is 4.84. The number of carbonyl (C=O) groups excluding carboxylic acids is 1. The highest BCUT2D eigenvalue weighted by Crippen LogP contribution is 2.30. The van der Waals surface area contributed by atoms with Crippen molar-refractivity contribution < 1.29 is 9.72 Å². The highest BCUT2D eigenvalue weighted by atomic mass is 35.5. The number of aromatic nitrogens is 1. The number of nitrogens with zero attached hydrogens (tertiary/aromatic N) is 2. The molecule has 0 aliphatic heterocycles. The molecule has 0 bridgehead atoms. The van der Waals surface area contributed by atoms with E-state index < -0.39 is 10.8 Å². The molecule has 0 unspecified atom stereocenters. The molecular formula is C13H9Cl2N3O3. The van der Waals surface area contributed by atoms with Crippen molar-refractivity contribution in [2.75, 3.05) is 0 Å². The molecule has 0 aliphatic rings. The van der Waals surface area contributed by atoms with E-state index in [1.807, 2.05) is 0 Å². The summed E-state index contributed by atoms with van der Waals surface area (Å²) in [6.45, 7) is 0.177. The summed E-state index contributed by atoms with van der Waals surface area (Å²) in [7, 11) is 0. The van der Waals surface area contributed by atoms with Crippen LogP contribution in [0.3, 0.4) is 0 Å². The lowest BCUT2D eigenvalue weighted by Gasteiger charge is -2.07. The lowest BCUT2D eigenvalue weighted by Crippen LogP contribution is -2.23. The second-order valence-electron chi connectivity index (χ2n) is 4.05. The van der Waals surface area contributed by atoms with Crippen LogP contribution >= 0.6 is 23.2 Å². The predicted molar refractivity (Wildman–Crippen MR) is 78.5 cm³/mol. The Morgan fingerprint density at radius 3 is 2.71 bits per heavy atom. The second kappa shape index (κ2) is 6.51. The Kier molecular flexibility index (Phi) is 4.72. The lowest BCUT2D eigenvalue weighted by molar-refractivity contribution is -0.384. The Morgan fingerprint density at radius 1 is 1.33 bits per heavy atom. The molecule has 1 aromatic heterocycles.